The summed E-state index contributed by atoms with van der Waals surface area (Å²) >= 11 is 1.66. The molecule has 2 atom stereocenters. The van der Waals surface area contributed by atoms with Gasteiger partial charge in [-0.2, -0.15) is 11.3 Å². The van der Waals surface area contributed by atoms with Crippen molar-refractivity contribution >= 4 is 23.5 Å². The summed E-state index contributed by atoms with van der Waals surface area (Å²) in [6, 6.07) is 12.5. The normalized spacial score (nSPS) is 21.4. The van der Waals surface area contributed by atoms with Gasteiger partial charge in [0.1, 0.15) is 6.10 Å². The minimum atomic E-state index is -0.196. The summed E-state index contributed by atoms with van der Waals surface area (Å²) in [4.78, 5) is 2.37. The van der Waals surface area contributed by atoms with Crippen LogP contribution in [0.5, 0.6) is 0 Å². The summed E-state index contributed by atoms with van der Waals surface area (Å²) in [5, 5.41) is 12.4. The molecule has 26 heavy (non-hydrogen) atoms. The summed E-state index contributed by atoms with van der Waals surface area (Å²) in [6.07, 6.45) is 3.74. The molecule has 1 saturated heterocycles. The van der Waals surface area contributed by atoms with Gasteiger partial charge < -0.3 is 9.15 Å². The maximum Gasteiger partial charge on any atom is 0.246 e. The van der Waals surface area contributed by atoms with E-state index in [9.17, 15) is 0 Å². The third kappa shape index (κ3) is 4.27. The number of morpholine rings is 1. The van der Waals surface area contributed by atoms with Crippen LogP contribution in [-0.4, -0.2) is 34.3 Å². The number of thiophene rings is 1. The van der Waals surface area contributed by atoms with Crippen LogP contribution in [0.3, 0.4) is 0 Å². The molecule has 5 nitrogen and oxygen atoms in total. The highest BCUT2D eigenvalue weighted by Gasteiger charge is 2.30. The van der Waals surface area contributed by atoms with Crippen LogP contribution in [0.4, 0.5) is 0 Å². The van der Waals surface area contributed by atoms with E-state index in [1.165, 1.54) is 5.56 Å². The Morgan fingerprint density at radius 1 is 1.15 bits per heavy atom. The topological polar surface area (TPSA) is 51.4 Å². The van der Waals surface area contributed by atoms with Crippen LogP contribution < -0.4 is 0 Å². The fourth-order valence-corrected chi connectivity index (χ4v) is 3.76. The van der Waals surface area contributed by atoms with Crippen LogP contribution in [0, 0.1) is 0 Å². The van der Waals surface area contributed by atoms with Gasteiger partial charge in [-0.1, -0.05) is 30.3 Å². The standard InChI is InChI=1S/C20H21N3O2S/c1-15-11-23(12-16-5-3-2-4-6-16)13-18(24-15)20-22-21-19(25-20)8-7-17-9-10-26-14-17/h2-10,14-15,18H,11-13H2,1H3/b8-7+/t15-,18-/m1/s1. The molecular formula is C20H21N3O2S. The third-order valence-corrected chi connectivity index (χ3v) is 4.98. The van der Waals surface area contributed by atoms with E-state index >= 15 is 0 Å². The molecule has 0 radical (unpaired) electrons. The molecule has 0 N–H and O–H groups in total. The molecule has 0 amide bonds. The van der Waals surface area contributed by atoms with Gasteiger partial charge in [-0.05, 0) is 41.0 Å². The summed E-state index contributed by atoms with van der Waals surface area (Å²) < 4.78 is 11.9. The van der Waals surface area contributed by atoms with E-state index in [2.05, 4.69) is 51.7 Å². The zero-order chi connectivity index (χ0) is 17.8. The molecule has 0 spiro atoms. The smallest absolute Gasteiger partial charge is 0.246 e. The predicted molar refractivity (Wildman–Crippen MR) is 103 cm³/mol. The Kier molecular flexibility index (Phi) is 5.24. The van der Waals surface area contributed by atoms with E-state index in [4.69, 9.17) is 9.15 Å². The van der Waals surface area contributed by atoms with Crippen molar-refractivity contribution in [1.29, 1.82) is 0 Å². The van der Waals surface area contributed by atoms with Gasteiger partial charge in [0.25, 0.3) is 0 Å². The van der Waals surface area contributed by atoms with E-state index < -0.39 is 0 Å². The predicted octanol–water partition coefficient (Wildman–Crippen LogP) is 4.26. The van der Waals surface area contributed by atoms with E-state index in [1.807, 2.05) is 29.7 Å². The molecule has 0 aliphatic carbocycles. The van der Waals surface area contributed by atoms with Crippen LogP contribution in [0.2, 0.25) is 0 Å². The van der Waals surface area contributed by atoms with Crippen LogP contribution in [0.1, 0.15) is 35.9 Å². The van der Waals surface area contributed by atoms with E-state index in [-0.39, 0.29) is 12.2 Å². The van der Waals surface area contributed by atoms with Gasteiger partial charge in [-0.25, -0.2) is 0 Å². The zero-order valence-electron chi connectivity index (χ0n) is 14.6. The Hall–Kier alpha value is -2.28. The largest absolute Gasteiger partial charge is 0.418 e. The lowest BCUT2D eigenvalue weighted by Gasteiger charge is -2.35. The van der Waals surface area contributed by atoms with Crippen LogP contribution in [0.25, 0.3) is 12.2 Å². The Morgan fingerprint density at radius 2 is 2.04 bits per heavy atom. The molecular weight excluding hydrogens is 346 g/mol. The molecule has 0 bridgehead atoms. The molecule has 0 unspecified atom stereocenters. The van der Waals surface area contributed by atoms with Crippen molar-refractivity contribution in [3.05, 3.63) is 70.1 Å². The number of ether oxygens (including phenoxy) is 1. The van der Waals surface area contributed by atoms with Crippen molar-refractivity contribution in [2.75, 3.05) is 13.1 Å². The molecule has 3 heterocycles. The Morgan fingerprint density at radius 3 is 2.85 bits per heavy atom. The SMILES string of the molecule is C[C@@H]1CN(Cc2ccccc2)C[C@H](c2nnc(/C=C/c3ccsc3)o2)O1. The number of benzene rings is 1. The average molecular weight is 367 g/mol. The van der Waals surface area contributed by atoms with Crippen molar-refractivity contribution in [3.8, 4) is 0 Å². The van der Waals surface area contributed by atoms with Gasteiger partial charge in [-0.3, -0.25) is 4.90 Å². The van der Waals surface area contributed by atoms with Gasteiger partial charge in [0.05, 0.1) is 6.10 Å². The van der Waals surface area contributed by atoms with Crippen molar-refractivity contribution in [3.63, 3.8) is 0 Å². The first kappa shape index (κ1) is 17.1. The second-order valence-electron chi connectivity index (χ2n) is 6.48. The molecule has 3 aromatic rings. The first-order chi connectivity index (χ1) is 12.8. The maximum atomic E-state index is 6.04. The molecule has 134 valence electrons. The monoisotopic (exact) mass is 367 g/mol. The number of hydrogen-bond donors (Lipinski definition) is 0. The lowest BCUT2D eigenvalue weighted by atomic mass is 10.1. The first-order valence-corrected chi connectivity index (χ1v) is 9.66. The van der Waals surface area contributed by atoms with Crippen LogP contribution in [-0.2, 0) is 11.3 Å². The minimum absolute atomic E-state index is 0.120. The number of rotatable bonds is 5. The second kappa shape index (κ2) is 7.95. The summed E-state index contributed by atoms with van der Waals surface area (Å²) in [6.45, 7) is 4.61. The minimum Gasteiger partial charge on any atom is -0.418 e. The zero-order valence-corrected chi connectivity index (χ0v) is 15.4. The quantitative estimate of drug-likeness (QED) is 0.674. The van der Waals surface area contributed by atoms with Gasteiger partial charge >= 0.3 is 0 Å². The van der Waals surface area contributed by atoms with Gasteiger partial charge in [0, 0.05) is 25.7 Å². The molecule has 1 aliphatic heterocycles. The van der Waals surface area contributed by atoms with Crippen LogP contribution >= 0.6 is 11.3 Å². The highest BCUT2D eigenvalue weighted by molar-refractivity contribution is 7.08. The molecule has 1 aromatic carbocycles. The highest BCUT2D eigenvalue weighted by Crippen LogP contribution is 2.26. The van der Waals surface area contributed by atoms with Crippen molar-refractivity contribution in [2.45, 2.75) is 25.7 Å². The second-order valence-corrected chi connectivity index (χ2v) is 7.26. The third-order valence-electron chi connectivity index (χ3n) is 4.28. The van der Waals surface area contributed by atoms with E-state index in [0.717, 1.165) is 25.2 Å². The number of nitrogens with zero attached hydrogens (tertiary/aromatic N) is 3. The number of aromatic nitrogens is 2. The molecule has 6 heteroatoms. The van der Waals surface area contributed by atoms with Crippen molar-refractivity contribution in [1.82, 2.24) is 15.1 Å². The molecule has 4 rings (SSSR count). The highest BCUT2D eigenvalue weighted by atomic mass is 32.1. The van der Waals surface area contributed by atoms with Crippen molar-refractivity contribution < 1.29 is 9.15 Å². The van der Waals surface area contributed by atoms with Gasteiger partial charge in [0.2, 0.25) is 11.8 Å². The first-order valence-electron chi connectivity index (χ1n) is 8.72. The lowest BCUT2D eigenvalue weighted by molar-refractivity contribution is -0.0916. The Labute approximate surface area is 156 Å². The number of hydrogen-bond acceptors (Lipinski definition) is 6. The Bertz CT molecular complexity index is 845. The molecule has 2 aromatic heterocycles. The van der Waals surface area contributed by atoms with Crippen molar-refractivity contribution in [2.24, 2.45) is 0 Å². The van der Waals surface area contributed by atoms with E-state index in [0.29, 0.717) is 11.8 Å². The summed E-state index contributed by atoms with van der Waals surface area (Å²) in [5.74, 6) is 1.04. The average Bonchev–Trinajstić information content (AvgIpc) is 3.32. The molecule has 1 aliphatic rings. The van der Waals surface area contributed by atoms with Gasteiger partial charge in [0.15, 0.2) is 0 Å². The lowest BCUT2D eigenvalue weighted by Crippen LogP contribution is -2.42. The molecule has 1 fully saturated rings. The molecule has 0 saturated carbocycles. The summed E-state index contributed by atoms with van der Waals surface area (Å²) in [5.41, 5.74) is 2.43. The summed E-state index contributed by atoms with van der Waals surface area (Å²) in [7, 11) is 0. The fraction of sp³-hybridized carbons (Fsp3) is 0.300. The van der Waals surface area contributed by atoms with Gasteiger partial charge in [-0.15, -0.1) is 10.2 Å². The fourth-order valence-electron chi connectivity index (χ4n) is 3.13. The maximum absolute atomic E-state index is 6.04. The van der Waals surface area contributed by atoms with Crippen LogP contribution in [0.15, 0.2) is 51.6 Å². The Balaban J connectivity index is 1.43. The van der Waals surface area contributed by atoms with E-state index in [1.54, 1.807) is 11.3 Å².